The van der Waals surface area contributed by atoms with Crippen molar-refractivity contribution in [2.24, 2.45) is 0 Å². The van der Waals surface area contributed by atoms with Crippen LogP contribution in [-0.4, -0.2) is 16.6 Å². The second-order valence-corrected chi connectivity index (χ2v) is 11.7. The highest BCUT2D eigenvalue weighted by Crippen LogP contribution is 2.37. The Labute approximate surface area is 251 Å². The first kappa shape index (κ1) is 26.5. The van der Waals surface area contributed by atoms with E-state index in [2.05, 4.69) is 36.8 Å². The van der Waals surface area contributed by atoms with Gasteiger partial charge in [-0.05, 0) is 85.3 Å². The molecule has 6 rings (SSSR count). The van der Waals surface area contributed by atoms with Gasteiger partial charge < -0.3 is 9.40 Å². The van der Waals surface area contributed by atoms with Crippen molar-refractivity contribution in [2.45, 2.75) is 6.92 Å². The summed E-state index contributed by atoms with van der Waals surface area (Å²) in [5.41, 5.74) is 4.85. The van der Waals surface area contributed by atoms with Crippen molar-refractivity contribution in [3.8, 4) is 0 Å². The van der Waals surface area contributed by atoms with Crippen LogP contribution in [0.15, 0.2) is 104 Å². The molecule has 196 valence electrons. The third-order valence-corrected chi connectivity index (χ3v) is 8.30. The van der Waals surface area contributed by atoms with Crippen molar-refractivity contribution in [1.82, 2.24) is 4.98 Å². The molecule has 0 saturated carbocycles. The number of Topliss-reactive ketones (excluding diaryl/α,β-unsaturated/α-hetero) is 1. The van der Waals surface area contributed by atoms with Crippen LogP contribution in [-0.2, 0) is 0 Å². The van der Waals surface area contributed by atoms with Crippen LogP contribution in [0.2, 0.25) is 5.02 Å². The average molecular weight is 674 g/mol. The molecule has 40 heavy (non-hydrogen) atoms. The molecular weight excluding hydrogens is 654 g/mol. The quantitative estimate of drug-likeness (QED) is 0.141. The number of carbonyl (C=O) groups excluding carboxylic acids is 2. The molecule has 0 unspecified atom stereocenters. The van der Waals surface area contributed by atoms with Crippen LogP contribution in [0.25, 0.3) is 33.5 Å². The molecule has 0 spiro atoms. The molecular formula is C33H20Br2ClNO3. The van der Waals surface area contributed by atoms with Crippen molar-refractivity contribution in [1.29, 1.82) is 0 Å². The first-order valence-corrected chi connectivity index (χ1v) is 14.4. The Hall–Kier alpha value is -3.71. The fourth-order valence-corrected chi connectivity index (χ4v) is 5.43. The summed E-state index contributed by atoms with van der Waals surface area (Å²) >= 11 is 13.4. The number of allylic oxidation sites excluding steroid dienone is 1. The van der Waals surface area contributed by atoms with E-state index < -0.39 is 0 Å². The van der Waals surface area contributed by atoms with Gasteiger partial charge in [-0.1, -0.05) is 61.7 Å². The van der Waals surface area contributed by atoms with E-state index in [9.17, 15) is 9.59 Å². The maximum Gasteiger partial charge on any atom is 0.228 e. The zero-order valence-corrected chi connectivity index (χ0v) is 25.0. The maximum atomic E-state index is 14.1. The number of H-pyrrole nitrogens is 1. The normalized spacial score (nSPS) is 11.8. The molecule has 0 bridgehead atoms. The lowest BCUT2D eigenvalue weighted by Gasteiger charge is -2.08. The van der Waals surface area contributed by atoms with Crippen LogP contribution < -0.4 is 0 Å². The fourth-order valence-electron chi connectivity index (χ4n) is 4.74. The van der Waals surface area contributed by atoms with Crippen molar-refractivity contribution >= 4 is 88.5 Å². The van der Waals surface area contributed by atoms with Crippen molar-refractivity contribution in [3.05, 3.63) is 139 Å². The lowest BCUT2D eigenvalue weighted by molar-refractivity contribution is 0.101. The topological polar surface area (TPSA) is 63.1 Å². The monoisotopic (exact) mass is 671 g/mol. The Bertz CT molecular complexity index is 1970. The van der Waals surface area contributed by atoms with E-state index in [0.29, 0.717) is 38.3 Å². The van der Waals surface area contributed by atoms with Crippen molar-refractivity contribution in [2.75, 3.05) is 0 Å². The lowest BCUT2D eigenvalue weighted by atomic mass is 9.93. The SMILES string of the molecule is Cc1cc2oc(C(=O)c3ccc(Br)cc3)c(/C=C(\C(=O)c3ccc(Br)cc3)c3c[nH]c4ccccc34)c2cc1Cl. The Balaban J connectivity index is 1.64. The number of ketones is 2. The lowest BCUT2D eigenvalue weighted by Crippen LogP contribution is -2.05. The van der Waals surface area contributed by atoms with Crippen LogP contribution in [0.4, 0.5) is 0 Å². The van der Waals surface area contributed by atoms with Gasteiger partial charge in [0.05, 0.1) is 0 Å². The van der Waals surface area contributed by atoms with Gasteiger partial charge in [-0.3, -0.25) is 9.59 Å². The number of hydrogen-bond donors (Lipinski definition) is 1. The second kappa shape index (κ2) is 10.7. The zero-order valence-electron chi connectivity index (χ0n) is 21.1. The molecule has 7 heteroatoms. The van der Waals surface area contributed by atoms with Gasteiger partial charge in [0.2, 0.25) is 5.78 Å². The molecule has 0 aliphatic carbocycles. The Morgan fingerprint density at radius 1 is 0.850 bits per heavy atom. The minimum absolute atomic E-state index is 0.139. The zero-order chi connectivity index (χ0) is 28.0. The number of aryl methyl sites for hydroxylation is 1. The molecule has 2 aromatic heterocycles. The number of benzene rings is 4. The molecule has 0 aliphatic rings. The van der Waals surface area contributed by atoms with E-state index in [-0.39, 0.29) is 17.3 Å². The van der Waals surface area contributed by atoms with Crippen LogP contribution in [0.3, 0.4) is 0 Å². The summed E-state index contributed by atoms with van der Waals surface area (Å²) in [6.07, 6.45) is 3.58. The van der Waals surface area contributed by atoms with E-state index in [0.717, 1.165) is 31.0 Å². The molecule has 0 saturated heterocycles. The third-order valence-electron chi connectivity index (χ3n) is 6.84. The summed E-state index contributed by atoms with van der Waals surface area (Å²) in [5, 5.41) is 2.08. The number of nitrogens with one attached hydrogen (secondary N) is 1. The maximum absolute atomic E-state index is 14.1. The highest BCUT2D eigenvalue weighted by Gasteiger charge is 2.25. The highest BCUT2D eigenvalue weighted by molar-refractivity contribution is 9.10. The van der Waals surface area contributed by atoms with Crippen LogP contribution in [0.5, 0.6) is 0 Å². The minimum atomic E-state index is -0.293. The largest absolute Gasteiger partial charge is 0.452 e. The summed E-state index contributed by atoms with van der Waals surface area (Å²) in [6, 6.07) is 25.7. The van der Waals surface area contributed by atoms with Gasteiger partial charge in [0.25, 0.3) is 0 Å². The summed E-state index contributed by atoms with van der Waals surface area (Å²) in [7, 11) is 0. The standard InChI is InChI=1S/C33H20Br2ClNO3/c1-18-14-30-24(16-28(18)36)26(33(40-30)32(39)20-8-12-22(35)13-9-20)15-25(31(38)19-6-10-21(34)11-7-19)27-17-37-29-5-3-2-4-23(27)29/h2-17,37H,1H3/b25-15-. The number of aromatic nitrogens is 1. The number of carbonyl (C=O) groups is 2. The van der Waals surface area contributed by atoms with Crippen LogP contribution in [0.1, 0.15) is 43.2 Å². The van der Waals surface area contributed by atoms with E-state index in [1.165, 1.54) is 0 Å². The first-order chi connectivity index (χ1) is 19.3. The third kappa shape index (κ3) is 4.87. The van der Waals surface area contributed by atoms with Gasteiger partial charge >= 0.3 is 0 Å². The van der Waals surface area contributed by atoms with Crippen LogP contribution >= 0.6 is 43.5 Å². The molecule has 0 fully saturated rings. The number of fused-ring (bicyclic) bond motifs is 2. The second-order valence-electron chi connectivity index (χ2n) is 9.42. The number of hydrogen-bond acceptors (Lipinski definition) is 3. The number of halogens is 3. The molecule has 0 atom stereocenters. The van der Waals surface area contributed by atoms with E-state index in [1.54, 1.807) is 48.5 Å². The van der Waals surface area contributed by atoms with E-state index >= 15 is 0 Å². The predicted octanol–water partition coefficient (Wildman–Crippen LogP) is 10.1. The van der Waals surface area contributed by atoms with Crippen molar-refractivity contribution in [3.63, 3.8) is 0 Å². The molecule has 6 aromatic rings. The molecule has 4 aromatic carbocycles. The van der Waals surface area contributed by atoms with E-state index in [4.69, 9.17) is 16.0 Å². The number of rotatable bonds is 6. The first-order valence-electron chi connectivity index (χ1n) is 12.4. The predicted molar refractivity (Wildman–Crippen MR) is 168 cm³/mol. The number of furan rings is 1. The van der Waals surface area contributed by atoms with Gasteiger partial charge in [0.1, 0.15) is 5.58 Å². The fraction of sp³-hybridized carbons (Fsp3) is 0.0303. The van der Waals surface area contributed by atoms with Crippen molar-refractivity contribution < 1.29 is 14.0 Å². The molecule has 0 radical (unpaired) electrons. The van der Waals surface area contributed by atoms with Crippen LogP contribution in [0, 0.1) is 6.92 Å². The Morgan fingerprint density at radius 2 is 1.50 bits per heavy atom. The Morgan fingerprint density at radius 3 is 2.20 bits per heavy atom. The summed E-state index contributed by atoms with van der Waals surface area (Å²) in [5.74, 6) is -0.343. The molecule has 1 N–H and O–H groups in total. The summed E-state index contributed by atoms with van der Waals surface area (Å²) < 4.78 is 7.93. The number of aromatic amines is 1. The van der Waals surface area contributed by atoms with Gasteiger partial charge in [0, 0.05) is 64.3 Å². The summed E-state index contributed by atoms with van der Waals surface area (Å²) in [6.45, 7) is 1.88. The average Bonchev–Trinajstić information content (AvgIpc) is 3.53. The molecule has 2 heterocycles. The minimum Gasteiger partial charge on any atom is -0.452 e. The van der Waals surface area contributed by atoms with Gasteiger partial charge in [-0.25, -0.2) is 0 Å². The Kier molecular flexibility index (Phi) is 7.09. The number of para-hydroxylation sites is 1. The molecule has 0 amide bonds. The van der Waals surface area contributed by atoms with Gasteiger partial charge in [0.15, 0.2) is 11.5 Å². The summed E-state index contributed by atoms with van der Waals surface area (Å²) in [4.78, 5) is 31.2. The van der Waals surface area contributed by atoms with Gasteiger partial charge in [-0.15, -0.1) is 0 Å². The molecule has 0 aliphatic heterocycles. The highest BCUT2D eigenvalue weighted by atomic mass is 79.9. The van der Waals surface area contributed by atoms with Gasteiger partial charge in [-0.2, -0.15) is 0 Å². The smallest absolute Gasteiger partial charge is 0.228 e. The molecule has 4 nitrogen and oxygen atoms in total. The van der Waals surface area contributed by atoms with E-state index in [1.807, 2.05) is 55.6 Å².